The molecule has 3 aromatic rings. The number of piperidine rings is 1. The van der Waals surface area contributed by atoms with Crippen molar-refractivity contribution in [2.75, 3.05) is 13.1 Å². The van der Waals surface area contributed by atoms with Crippen molar-refractivity contribution in [3.8, 4) is 16.9 Å². The average Bonchev–Trinajstić information content (AvgIpc) is 3.34. The molecule has 2 aliphatic rings. The van der Waals surface area contributed by atoms with E-state index in [4.69, 9.17) is 20.8 Å². The number of likely N-dealkylation sites (tertiary alicyclic amines) is 1. The zero-order chi connectivity index (χ0) is 18.4. The van der Waals surface area contributed by atoms with Crippen LogP contribution in [-0.4, -0.2) is 35.0 Å². The molecule has 1 fully saturated rings. The molecule has 1 atom stereocenters. The number of rotatable bonds is 2. The van der Waals surface area contributed by atoms with Gasteiger partial charge in [0.15, 0.2) is 11.7 Å². The Morgan fingerprint density at radius 2 is 2.00 bits per heavy atom. The van der Waals surface area contributed by atoms with Crippen molar-refractivity contribution in [1.29, 1.82) is 0 Å². The fraction of sp³-hybridized carbons (Fsp3) is 0.333. The van der Waals surface area contributed by atoms with Crippen LogP contribution in [0.15, 0.2) is 41.1 Å². The Morgan fingerprint density at radius 1 is 1.15 bits per heavy atom. The molecule has 2 aliphatic heterocycles. The zero-order valence-electron chi connectivity index (χ0n) is 14.8. The molecule has 0 spiro atoms. The van der Waals surface area contributed by atoms with Crippen LogP contribution in [0.1, 0.15) is 24.8 Å². The average molecular weight is 383 g/mol. The molecule has 6 heteroatoms. The van der Waals surface area contributed by atoms with E-state index in [0.717, 1.165) is 53.9 Å². The smallest absolute Gasteiger partial charge is 0.263 e. The lowest BCUT2D eigenvalue weighted by Gasteiger charge is -2.28. The largest absolute Gasteiger partial charge is 0.479 e. The summed E-state index contributed by atoms with van der Waals surface area (Å²) < 4.78 is 11.8. The highest BCUT2D eigenvalue weighted by Crippen LogP contribution is 2.43. The van der Waals surface area contributed by atoms with Crippen LogP contribution in [0.4, 0.5) is 0 Å². The Morgan fingerprint density at radius 3 is 2.85 bits per heavy atom. The van der Waals surface area contributed by atoms with Gasteiger partial charge in [-0.1, -0.05) is 11.6 Å². The van der Waals surface area contributed by atoms with E-state index in [1.165, 1.54) is 6.42 Å². The molecule has 1 saturated heterocycles. The highest BCUT2D eigenvalue weighted by molar-refractivity contribution is 6.31. The van der Waals surface area contributed by atoms with Crippen LogP contribution in [0, 0.1) is 0 Å². The summed E-state index contributed by atoms with van der Waals surface area (Å²) in [6.45, 7) is 1.64. The molecule has 0 aliphatic carbocycles. The van der Waals surface area contributed by atoms with Gasteiger partial charge in [0.1, 0.15) is 11.3 Å². The Bertz CT molecular complexity index is 1020. The first kappa shape index (κ1) is 16.6. The molecule has 27 heavy (non-hydrogen) atoms. The van der Waals surface area contributed by atoms with Crippen molar-refractivity contribution in [3.63, 3.8) is 0 Å². The number of furan rings is 1. The minimum absolute atomic E-state index is 0.0749. The summed E-state index contributed by atoms with van der Waals surface area (Å²) in [6, 6.07) is 7.48. The molecule has 0 radical (unpaired) electrons. The molecule has 0 N–H and O–H groups in total. The molecule has 2 aromatic heterocycles. The van der Waals surface area contributed by atoms with Crippen LogP contribution < -0.4 is 4.74 Å². The van der Waals surface area contributed by atoms with Crippen molar-refractivity contribution in [2.24, 2.45) is 0 Å². The molecule has 1 unspecified atom stereocenters. The van der Waals surface area contributed by atoms with Crippen molar-refractivity contribution in [3.05, 3.63) is 47.3 Å². The molecule has 5 nitrogen and oxygen atoms in total. The number of aromatic nitrogens is 1. The number of hydrogen-bond acceptors (Lipinski definition) is 4. The van der Waals surface area contributed by atoms with E-state index in [1.54, 1.807) is 12.5 Å². The summed E-state index contributed by atoms with van der Waals surface area (Å²) in [6.07, 6.45) is 6.75. The molecule has 1 amide bonds. The topological polar surface area (TPSA) is 55.6 Å². The van der Waals surface area contributed by atoms with Crippen LogP contribution in [0.3, 0.4) is 0 Å². The number of carbonyl (C=O) groups is 1. The van der Waals surface area contributed by atoms with E-state index >= 15 is 0 Å². The van der Waals surface area contributed by atoms with Gasteiger partial charge in [0.25, 0.3) is 5.91 Å². The van der Waals surface area contributed by atoms with Gasteiger partial charge in [0.05, 0.1) is 6.26 Å². The van der Waals surface area contributed by atoms with E-state index in [2.05, 4.69) is 4.98 Å². The first-order valence-corrected chi connectivity index (χ1v) is 9.69. The third-order valence-corrected chi connectivity index (χ3v) is 5.59. The minimum Gasteiger partial charge on any atom is -0.479 e. The van der Waals surface area contributed by atoms with E-state index in [-0.39, 0.29) is 5.91 Å². The lowest BCUT2D eigenvalue weighted by molar-refractivity contribution is -0.138. The Kier molecular flexibility index (Phi) is 4.05. The monoisotopic (exact) mass is 382 g/mol. The zero-order valence-corrected chi connectivity index (χ0v) is 15.5. The summed E-state index contributed by atoms with van der Waals surface area (Å²) in [4.78, 5) is 19.2. The van der Waals surface area contributed by atoms with Crippen LogP contribution in [0.2, 0.25) is 5.02 Å². The van der Waals surface area contributed by atoms with Gasteiger partial charge >= 0.3 is 0 Å². The van der Waals surface area contributed by atoms with Crippen molar-refractivity contribution in [2.45, 2.75) is 31.8 Å². The van der Waals surface area contributed by atoms with E-state index in [9.17, 15) is 4.79 Å². The van der Waals surface area contributed by atoms with Crippen LogP contribution in [0.5, 0.6) is 5.75 Å². The van der Waals surface area contributed by atoms with Gasteiger partial charge in [0.2, 0.25) is 0 Å². The number of hydrogen-bond donors (Lipinski definition) is 0. The summed E-state index contributed by atoms with van der Waals surface area (Å²) in [5.74, 6) is 0.796. The number of benzene rings is 1. The van der Waals surface area contributed by atoms with Gasteiger partial charge in [0, 0.05) is 53.5 Å². The molecule has 0 saturated carbocycles. The maximum atomic E-state index is 12.9. The number of nitrogens with zero attached hydrogens (tertiary/aromatic N) is 2. The summed E-state index contributed by atoms with van der Waals surface area (Å²) >= 11 is 6.38. The van der Waals surface area contributed by atoms with Gasteiger partial charge < -0.3 is 14.1 Å². The maximum Gasteiger partial charge on any atom is 0.263 e. The quantitative estimate of drug-likeness (QED) is 0.656. The fourth-order valence-electron chi connectivity index (χ4n) is 4.07. The number of carbonyl (C=O) groups excluding carboxylic acids is 1. The second-order valence-corrected chi connectivity index (χ2v) is 7.57. The Balaban J connectivity index is 1.53. The molecule has 0 bridgehead atoms. The number of ether oxygens (including phenoxy) is 1. The normalized spacial score (nSPS) is 19.1. The SMILES string of the molecule is O=C(C1Cc2cc(Cl)cc(-c3ccnc4ccoc34)c2O1)N1CCCCC1. The maximum absolute atomic E-state index is 12.9. The molecule has 4 heterocycles. The van der Waals surface area contributed by atoms with E-state index < -0.39 is 6.10 Å². The summed E-state index contributed by atoms with van der Waals surface area (Å²) in [5.41, 5.74) is 4.14. The standard InChI is InChI=1S/C21H19ClN2O3/c22-14-10-13-11-18(21(25)24-7-2-1-3-8-24)27-19(13)16(12-14)15-4-6-23-17-5-9-26-20(15)17/h4-6,9-10,12,18H,1-3,7-8,11H2. The number of pyridine rings is 1. The molecular weight excluding hydrogens is 364 g/mol. The molecule has 1 aromatic carbocycles. The number of fused-ring (bicyclic) bond motifs is 2. The first-order chi connectivity index (χ1) is 13.2. The van der Waals surface area contributed by atoms with Gasteiger partial charge in [-0.15, -0.1) is 0 Å². The number of halogens is 1. The van der Waals surface area contributed by atoms with Crippen LogP contribution in [0.25, 0.3) is 22.2 Å². The third-order valence-electron chi connectivity index (χ3n) is 5.37. The van der Waals surface area contributed by atoms with E-state index in [0.29, 0.717) is 17.0 Å². The number of amides is 1. The molecular formula is C21H19ClN2O3. The first-order valence-electron chi connectivity index (χ1n) is 9.31. The lowest BCUT2D eigenvalue weighted by atomic mass is 10.00. The molecule has 5 rings (SSSR count). The van der Waals surface area contributed by atoms with Gasteiger partial charge in [-0.05, 0) is 37.5 Å². The predicted molar refractivity (Wildman–Crippen MR) is 103 cm³/mol. The third kappa shape index (κ3) is 2.86. The lowest BCUT2D eigenvalue weighted by Crippen LogP contribution is -2.43. The van der Waals surface area contributed by atoms with Crippen LogP contribution in [-0.2, 0) is 11.2 Å². The van der Waals surface area contributed by atoms with E-state index in [1.807, 2.05) is 29.2 Å². The summed E-state index contributed by atoms with van der Waals surface area (Å²) in [7, 11) is 0. The fourth-order valence-corrected chi connectivity index (χ4v) is 4.31. The van der Waals surface area contributed by atoms with Crippen molar-refractivity contribution < 1.29 is 13.9 Å². The minimum atomic E-state index is -0.482. The predicted octanol–water partition coefficient (Wildman–Crippen LogP) is 4.46. The summed E-state index contributed by atoms with van der Waals surface area (Å²) in [5, 5.41) is 0.620. The highest BCUT2D eigenvalue weighted by Gasteiger charge is 2.35. The second-order valence-electron chi connectivity index (χ2n) is 7.13. The molecule has 138 valence electrons. The van der Waals surface area contributed by atoms with Gasteiger partial charge in [-0.2, -0.15) is 0 Å². The van der Waals surface area contributed by atoms with Crippen LogP contribution >= 0.6 is 11.6 Å². The Hall–Kier alpha value is -2.53. The highest BCUT2D eigenvalue weighted by atomic mass is 35.5. The second kappa shape index (κ2) is 6.57. The Labute approximate surface area is 161 Å². The van der Waals surface area contributed by atoms with Gasteiger partial charge in [-0.25, -0.2) is 0 Å². The van der Waals surface area contributed by atoms with Crippen molar-refractivity contribution in [1.82, 2.24) is 9.88 Å². The van der Waals surface area contributed by atoms with Crippen molar-refractivity contribution >= 4 is 28.6 Å². The van der Waals surface area contributed by atoms with Gasteiger partial charge in [-0.3, -0.25) is 9.78 Å².